The van der Waals surface area contributed by atoms with Gasteiger partial charge in [-0.2, -0.15) is 4.39 Å². The largest absolute Gasteiger partial charge is 0.573 e. The van der Waals surface area contributed by atoms with E-state index in [1.165, 1.54) is 0 Å². The minimum absolute atomic E-state index is 0.0985. The Balaban J connectivity index is 3.21. The fourth-order valence-electron chi connectivity index (χ4n) is 0.956. The zero-order chi connectivity index (χ0) is 12.3. The van der Waals surface area contributed by atoms with Crippen LogP contribution in [0.2, 0.25) is 0 Å². The maximum absolute atomic E-state index is 13.1. The molecule has 0 bridgehead atoms. The van der Waals surface area contributed by atoms with Gasteiger partial charge >= 0.3 is 6.36 Å². The highest BCUT2D eigenvalue weighted by molar-refractivity contribution is 9.08. The van der Waals surface area contributed by atoms with Crippen LogP contribution in [0.4, 0.5) is 17.6 Å². The molecule has 0 radical (unpaired) electrons. The topological polar surface area (TPSA) is 39.2 Å². The van der Waals surface area contributed by atoms with Gasteiger partial charge in [-0.25, -0.2) is 4.98 Å². The third-order valence-corrected chi connectivity index (χ3v) is 2.12. The smallest absolute Gasteiger partial charge is 0.401 e. The Morgan fingerprint density at radius 1 is 1.50 bits per heavy atom. The number of hydrogen-bond acceptors (Lipinski definition) is 3. The molecule has 16 heavy (non-hydrogen) atoms. The molecule has 0 saturated heterocycles. The number of carbonyl (C=O) groups excluding carboxylic acids is 1. The van der Waals surface area contributed by atoms with Gasteiger partial charge in [0.15, 0.2) is 12.0 Å². The second-order valence-electron chi connectivity index (χ2n) is 2.63. The summed E-state index contributed by atoms with van der Waals surface area (Å²) < 4.78 is 52.3. The summed E-state index contributed by atoms with van der Waals surface area (Å²) in [7, 11) is 0. The maximum atomic E-state index is 13.1. The Morgan fingerprint density at radius 3 is 2.56 bits per heavy atom. The summed E-state index contributed by atoms with van der Waals surface area (Å²) in [4.78, 5) is 13.3. The number of ether oxygens (including phenoxy) is 1. The Labute approximate surface area is 95.6 Å². The number of halogens is 5. The second kappa shape index (κ2) is 4.77. The molecule has 0 N–H and O–H groups in total. The first-order valence-electron chi connectivity index (χ1n) is 3.83. The minimum Gasteiger partial charge on any atom is -0.401 e. The van der Waals surface area contributed by atoms with Crippen LogP contribution in [0.3, 0.4) is 0 Å². The van der Waals surface area contributed by atoms with Crippen LogP contribution in [0.1, 0.15) is 16.1 Å². The zero-order valence-corrected chi connectivity index (χ0v) is 9.10. The lowest BCUT2D eigenvalue weighted by molar-refractivity contribution is -0.276. The van der Waals surface area contributed by atoms with Gasteiger partial charge in [-0.3, -0.25) is 4.79 Å². The molecule has 0 unspecified atom stereocenters. The van der Waals surface area contributed by atoms with Crippen molar-refractivity contribution < 1.29 is 27.1 Å². The summed E-state index contributed by atoms with van der Waals surface area (Å²) in [5.41, 5.74) is -0.451. The van der Waals surface area contributed by atoms with Crippen molar-refractivity contribution in [1.82, 2.24) is 4.98 Å². The average molecular weight is 302 g/mol. The standard InChI is InChI=1S/C8H4BrF4NO2/c9-2-4-1-5(3-15)14-7(10)6(4)16-8(11,12)13/h1,3H,2H2. The molecule has 0 spiro atoms. The number of pyridine rings is 1. The molecule has 0 atom stereocenters. The summed E-state index contributed by atoms with van der Waals surface area (Å²) in [6.45, 7) is 0. The average Bonchev–Trinajstić information content (AvgIpc) is 2.19. The summed E-state index contributed by atoms with van der Waals surface area (Å²) in [5, 5.41) is -0.0985. The van der Waals surface area contributed by atoms with Crippen molar-refractivity contribution in [2.45, 2.75) is 11.7 Å². The van der Waals surface area contributed by atoms with Gasteiger partial charge in [-0.1, -0.05) is 15.9 Å². The molecule has 1 aromatic rings. The quantitative estimate of drug-likeness (QED) is 0.373. The lowest BCUT2D eigenvalue weighted by Crippen LogP contribution is -2.19. The molecule has 1 rings (SSSR count). The van der Waals surface area contributed by atoms with Crippen LogP contribution in [-0.4, -0.2) is 17.6 Å². The highest BCUT2D eigenvalue weighted by Gasteiger charge is 2.34. The molecule has 3 nitrogen and oxygen atoms in total. The van der Waals surface area contributed by atoms with Gasteiger partial charge in [0.25, 0.3) is 5.95 Å². The van der Waals surface area contributed by atoms with Crippen molar-refractivity contribution in [2.75, 3.05) is 0 Å². The fraction of sp³-hybridized carbons (Fsp3) is 0.250. The third kappa shape index (κ3) is 3.16. The highest BCUT2D eigenvalue weighted by Crippen LogP contribution is 2.30. The van der Waals surface area contributed by atoms with Crippen LogP contribution in [0.15, 0.2) is 6.07 Å². The molecule has 8 heteroatoms. The number of aldehydes is 1. The van der Waals surface area contributed by atoms with Gasteiger partial charge in [-0.15, -0.1) is 13.2 Å². The van der Waals surface area contributed by atoms with E-state index in [0.717, 1.165) is 6.07 Å². The van der Waals surface area contributed by atoms with Gasteiger partial charge in [0.2, 0.25) is 0 Å². The predicted octanol–water partition coefficient (Wildman–Crippen LogP) is 2.83. The van der Waals surface area contributed by atoms with Gasteiger partial charge in [-0.05, 0) is 6.07 Å². The maximum Gasteiger partial charge on any atom is 0.573 e. The number of nitrogens with zero attached hydrogens (tertiary/aromatic N) is 1. The van der Waals surface area contributed by atoms with Crippen LogP contribution >= 0.6 is 15.9 Å². The Hall–Kier alpha value is -1.18. The summed E-state index contributed by atoms with van der Waals surface area (Å²) in [5.74, 6) is -2.51. The van der Waals surface area contributed by atoms with Crippen molar-refractivity contribution in [2.24, 2.45) is 0 Å². The van der Waals surface area contributed by atoms with E-state index >= 15 is 0 Å². The Kier molecular flexibility index (Phi) is 3.84. The first kappa shape index (κ1) is 12.9. The number of hydrogen-bond donors (Lipinski definition) is 0. The highest BCUT2D eigenvalue weighted by atomic mass is 79.9. The molecular formula is C8H4BrF4NO2. The van der Waals surface area contributed by atoms with Crippen molar-refractivity contribution in [3.05, 3.63) is 23.3 Å². The van der Waals surface area contributed by atoms with Gasteiger partial charge in [0.1, 0.15) is 5.69 Å². The fourth-order valence-corrected chi connectivity index (χ4v) is 1.37. The van der Waals surface area contributed by atoms with Gasteiger partial charge in [0, 0.05) is 10.9 Å². The SMILES string of the molecule is O=Cc1cc(CBr)c(OC(F)(F)F)c(F)n1. The summed E-state index contributed by atoms with van der Waals surface area (Å²) in [6.07, 6.45) is -4.78. The number of carbonyl (C=O) groups is 1. The molecule has 0 aromatic carbocycles. The summed E-state index contributed by atoms with van der Waals surface area (Å²) >= 11 is 2.86. The van der Waals surface area contributed by atoms with Crippen LogP contribution in [0.25, 0.3) is 0 Å². The van der Waals surface area contributed by atoms with Gasteiger partial charge in [0.05, 0.1) is 0 Å². The predicted molar refractivity (Wildman–Crippen MR) is 48.9 cm³/mol. The molecule has 0 saturated carbocycles. The van der Waals surface area contributed by atoms with Crippen molar-refractivity contribution in [1.29, 1.82) is 0 Å². The van der Waals surface area contributed by atoms with Crippen molar-refractivity contribution in [3.8, 4) is 5.75 Å². The van der Waals surface area contributed by atoms with E-state index in [4.69, 9.17) is 0 Å². The van der Waals surface area contributed by atoms with Crippen molar-refractivity contribution in [3.63, 3.8) is 0 Å². The van der Waals surface area contributed by atoms with Crippen LogP contribution in [-0.2, 0) is 5.33 Å². The molecule has 0 fully saturated rings. The molecular weight excluding hydrogens is 298 g/mol. The molecule has 0 aliphatic rings. The van der Waals surface area contributed by atoms with E-state index in [1.54, 1.807) is 0 Å². The first-order chi connectivity index (χ1) is 7.37. The molecule has 0 aliphatic heterocycles. The monoisotopic (exact) mass is 301 g/mol. The van der Waals surface area contributed by atoms with E-state index in [1.807, 2.05) is 0 Å². The number of alkyl halides is 4. The van der Waals surface area contributed by atoms with E-state index < -0.39 is 18.1 Å². The molecule has 88 valence electrons. The normalized spacial score (nSPS) is 11.3. The second-order valence-corrected chi connectivity index (χ2v) is 3.19. The third-order valence-electron chi connectivity index (χ3n) is 1.51. The molecule has 0 aliphatic carbocycles. The van der Waals surface area contributed by atoms with E-state index in [2.05, 4.69) is 25.7 Å². The van der Waals surface area contributed by atoms with E-state index in [9.17, 15) is 22.4 Å². The van der Waals surface area contributed by atoms with E-state index in [0.29, 0.717) is 0 Å². The van der Waals surface area contributed by atoms with Gasteiger partial charge < -0.3 is 4.74 Å². The zero-order valence-electron chi connectivity index (χ0n) is 7.52. The Morgan fingerprint density at radius 2 is 2.12 bits per heavy atom. The van der Waals surface area contributed by atoms with Crippen LogP contribution in [0.5, 0.6) is 5.75 Å². The molecule has 0 amide bonds. The Bertz CT molecular complexity index is 408. The number of aromatic nitrogens is 1. The van der Waals surface area contributed by atoms with E-state index in [-0.39, 0.29) is 22.9 Å². The lowest BCUT2D eigenvalue weighted by Gasteiger charge is -2.12. The van der Waals surface area contributed by atoms with Crippen LogP contribution < -0.4 is 4.74 Å². The minimum atomic E-state index is -5.01. The molecule has 1 heterocycles. The first-order valence-corrected chi connectivity index (χ1v) is 4.96. The summed E-state index contributed by atoms with van der Waals surface area (Å²) in [6, 6.07) is 1.01. The number of rotatable bonds is 3. The molecule has 1 aromatic heterocycles. The lowest BCUT2D eigenvalue weighted by atomic mass is 10.2. The van der Waals surface area contributed by atoms with Crippen LogP contribution in [0, 0.1) is 5.95 Å². The van der Waals surface area contributed by atoms with Crippen molar-refractivity contribution >= 4 is 22.2 Å².